The zero-order valence-corrected chi connectivity index (χ0v) is 16.3. The molecule has 0 spiro atoms. The average molecular weight is 330 g/mol. The lowest BCUT2D eigenvalue weighted by molar-refractivity contribution is 0.188. The maximum absolute atomic E-state index is 5.89. The highest BCUT2D eigenvalue weighted by molar-refractivity contribution is 6.66. The Labute approximate surface area is 139 Å². The Balaban J connectivity index is 1.93. The van der Waals surface area contributed by atoms with Gasteiger partial charge in [0.1, 0.15) is 0 Å². The Morgan fingerprint density at radius 3 is 2.18 bits per heavy atom. The molecule has 0 aliphatic heterocycles. The number of hydrogen-bond acceptors (Lipinski definition) is 3. The molecule has 0 aromatic carbocycles. The van der Waals surface area contributed by atoms with Crippen molar-refractivity contribution in [2.24, 2.45) is 5.92 Å². The van der Waals surface area contributed by atoms with Crippen LogP contribution in [0.5, 0.6) is 0 Å². The van der Waals surface area contributed by atoms with Crippen molar-refractivity contribution in [1.82, 2.24) is 5.32 Å². The van der Waals surface area contributed by atoms with Crippen LogP contribution < -0.4 is 5.32 Å². The molecule has 1 rings (SSSR count). The van der Waals surface area contributed by atoms with Gasteiger partial charge in [0.2, 0.25) is 0 Å². The first-order valence-electron chi connectivity index (χ1n) is 9.69. The van der Waals surface area contributed by atoms with Gasteiger partial charge in [-0.1, -0.05) is 38.5 Å². The van der Waals surface area contributed by atoms with E-state index >= 15 is 0 Å². The standard InChI is InChI=1S/C18H39NO2Si/c1-4-20-22(3,21-5-2)16-12-7-6-11-15-19-17-18-13-9-8-10-14-18/h18-19H,4-17H2,1-3H3. The summed E-state index contributed by atoms with van der Waals surface area (Å²) in [5.41, 5.74) is 0. The lowest BCUT2D eigenvalue weighted by atomic mass is 9.89. The first-order valence-corrected chi connectivity index (χ1v) is 12.2. The highest BCUT2D eigenvalue weighted by Crippen LogP contribution is 2.22. The van der Waals surface area contributed by atoms with Crippen LogP contribution in [0.4, 0.5) is 0 Å². The van der Waals surface area contributed by atoms with Crippen LogP contribution in [0.1, 0.15) is 71.6 Å². The van der Waals surface area contributed by atoms with Gasteiger partial charge in [-0.25, -0.2) is 0 Å². The fraction of sp³-hybridized carbons (Fsp3) is 1.00. The van der Waals surface area contributed by atoms with E-state index in [-0.39, 0.29) is 0 Å². The summed E-state index contributed by atoms with van der Waals surface area (Å²) in [7, 11) is -1.86. The molecule has 0 saturated heterocycles. The maximum atomic E-state index is 5.89. The van der Waals surface area contributed by atoms with Gasteiger partial charge < -0.3 is 14.2 Å². The van der Waals surface area contributed by atoms with Crippen molar-refractivity contribution in [2.75, 3.05) is 26.3 Å². The summed E-state index contributed by atoms with van der Waals surface area (Å²) in [6.45, 7) is 10.4. The van der Waals surface area contributed by atoms with E-state index in [1.165, 1.54) is 70.9 Å². The summed E-state index contributed by atoms with van der Waals surface area (Å²) in [4.78, 5) is 0. The molecule has 1 aliphatic carbocycles. The molecule has 1 saturated carbocycles. The van der Waals surface area contributed by atoms with E-state index in [9.17, 15) is 0 Å². The highest BCUT2D eigenvalue weighted by Gasteiger charge is 2.29. The van der Waals surface area contributed by atoms with Crippen LogP contribution in [0.3, 0.4) is 0 Å². The molecule has 0 atom stereocenters. The number of hydrogen-bond donors (Lipinski definition) is 1. The van der Waals surface area contributed by atoms with Gasteiger partial charge in [0.15, 0.2) is 0 Å². The SMILES string of the molecule is CCO[Si](C)(CCCCCCNCC1CCCCC1)OCC. The number of nitrogens with one attached hydrogen (secondary N) is 1. The molecule has 22 heavy (non-hydrogen) atoms. The minimum Gasteiger partial charge on any atom is -0.395 e. The van der Waals surface area contributed by atoms with Gasteiger partial charge in [-0.2, -0.15) is 0 Å². The Morgan fingerprint density at radius 2 is 1.55 bits per heavy atom. The van der Waals surface area contributed by atoms with E-state index in [1.807, 2.05) is 0 Å². The zero-order valence-electron chi connectivity index (χ0n) is 15.3. The van der Waals surface area contributed by atoms with Crippen LogP contribution >= 0.6 is 0 Å². The second-order valence-corrected chi connectivity index (χ2v) is 10.2. The second kappa shape index (κ2) is 12.5. The smallest absolute Gasteiger partial charge is 0.334 e. The fourth-order valence-electron chi connectivity index (χ4n) is 3.54. The van der Waals surface area contributed by atoms with Gasteiger partial charge in [0.25, 0.3) is 0 Å². The Bertz CT molecular complexity index is 251. The van der Waals surface area contributed by atoms with Gasteiger partial charge in [0.05, 0.1) is 0 Å². The molecule has 1 aliphatic rings. The predicted molar refractivity (Wildman–Crippen MR) is 97.6 cm³/mol. The van der Waals surface area contributed by atoms with Crippen LogP contribution in [0, 0.1) is 5.92 Å². The van der Waals surface area contributed by atoms with Gasteiger partial charge in [0, 0.05) is 13.2 Å². The van der Waals surface area contributed by atoms with Crippen LogP contribution in [-0.2, 0) is 8.85 Å². The quantitative estimate of drug-likeness (QED) is 0.386. The number of unbranched alkanes of at least 4 members (excludes halogenated alkanes) is 3. The lowest BCUT2D eigenvalue weighted by Gasteiger charge is -2.25. The van der Waals surface area contributed by atoms with Crippen LogP contribution in [0.25, 0.3) is 0 Å². The normalized spacial score (nSPS) is 17.0. The van der Waals surface area contributed by atoms with Crippen molar-refractivity contribution < 1.29 is 8.85 Å². The van der Waals surface area contributed by atoms with Crippen LogP contribution in [-0.4, -0.2) is 34.9 Å². The van der Waals surface area contributed by atoms with Gasteiger partial charge in [-0.05, 0) is 64.7 Å². The lowest BCUT2D eigenvalue weighted by Crippen LogP contribution is -2.38. The van der Waals surface area contributed by atoms with E-state index in [4.69, 9.17) is 8.85 Å². The molecule has 1 fully saturated rings. The van der Waals surface area contributed by atoms with Crippen molar-refractivity contribution in [3.63, 3.8) is 0 Å². The Morgan fingerprint density at radius 1 is 0.909 bits per heavy atom. The molecular weight excluding hydrogens is 290 g/mol. The minimum absolute atomic E-state index is 0.786. The maximum Gasteiger partial charge on any atom is 0.334 e. The van der Waals surface area contributed by atoms with Crippen molar-refractivity contribution in [3.8, 4) is 0 Å². The van der Waals surface area contributed by atoms with Gasteiger partial charge >= 0.3 is 8.56 Å². The van der Waals surface area contributed by atoms with E-state index in [0.29, 0.717) is 0 Å². The second-order valence-electron chi connectivity index (χ2n) is 6.87. The highest BCUT2D eigenvalue weighted by atomic mass is 28.4. The third-order valence-corrected chi connectivity index (χ3v) is 7.85. The van der Waals surface area contributed by atoms with E-state index < -0.39 is 8.56 Å². The van der Waals surface area contributed by atoms with Crippen molar-refractivity contribution >= 4 is 8.56 Å². The molecule has 4 heteroatoms. The topological polar surface area (TPSA) is 30.5 Å². The average Bonchev–Trinajstić information content (AvgIpc) is 2.51. The molecule has 132 valence electrons. The van der Waals surface area contributed by atoms with E-state index in [0.717, 1.165) is 25.2 Å². The Kier molecular flexibility index (Phi) is 11.5. The molecule has 1 N–H and O–H groups in total. The molecule has 0 heterocycles. The van der Waals surface area contributed by atoms with Crippen LogP contribution in [0.15, 0.2) is 0 Å². The fourth-order valence-corrected chi connectivity index (χ4v) is 6.03. The molecule has 0 amide bonds. The summed E-state index contributed by atoms with van der Waals surface area (Å²) in [5.74, 6) is 0.956. The third kappa shape index (κ3) is 9.28. The van der Waals surface area contributed by atoms with Crippen molar-refractivity contribution in [2.45, 2.75) is 84.2 Å². The largest absolute Gasteiger partial charge is 0.395 e. The molecule has 0 bridgehead atoms. The molecular formula is C18H39NO2Si. The van der Waals surface area contributed by atoms with E-state index in [2.05, 4.69) is 25.7 Å². The monoisotopic (exact) mass is 329 g/mol. The van der Waals surface area contributed by atoms with Gasteiger partial charge in [-0.3, -0.25) is 0 Å². The van der Waals surface area contributed by atoms with Crippen LogP contribution in [0.2, 0.25) is 12.6 Å². The summed E-state index contributed by atoms with van der Waals surface area (Å²) in [6.07, 6.45) is 12.5. The van der Waals surface area contributed by atoms with Gasteiger partial charge in [-0.15, -0.1) is 0 Å². The first kappa shape index (κ1) is 20.1. The molecule has 3 nitrogen and oxygen atoms in total. The molecule has 0 radical (unpaired) electrons. The Hall–Kier alpha value is 0.0969. The summed E-state index contributed by atoms with van der Waals surface area (Å²) >= 11 is 0. The predicted octanol–water partition coefficient (Wildman–Crippen LogP) is 4.86. The molecule has 0 unspecified atom stereocenters. The molecule has 0 aromatic rings. The third-order valence-electron chi connectivity index (χ3n) is 4.79. The zero-order chi connectivity index (χ0) is 16.1. The summed E-state index contributed by atoms with van der Waals surface area (Å²) in [5, 5.41) is 3.66. The minimum atomic E-state index is -1.86. The number of rotatable bonds is 13. The first-order chi connectivity index (χ1) is 10.7. The van der Waals surface area contributed by atoms with E-state index in [1.54, 1.807) is 0 Å². The summed E-state index contributed by atoms with van der Waals surface area (Å²) in [6, 6.07) is 1.14. The summed E-state index contributed by atoms with van der Waals surface area (Å²) < 4.78 is 11.8. The molecule has 0 aromatic heterocycles. The van der Waals surface area contributed by atoms with Crippen molar-refractivity contribution in [3.05, 3.63) is 0 Å². The van der Waals surface area contributed by atoms with Crippen molar-refractivity contribution in [1.29, 1.82) is 0 Å².